The van der Waals surface area contributed by atoms with Crippen molar-refractivity contribution < 1.29 is 22.3 Å². The van der Waals surface area contributed by atoms with Crippen LogP contribution in [-0.2, 0) is 0 Å². The Bertz CT molecular complexity index is 316. The summed E-state index contributed by atoms with van der Waals surface area (Å²) in [5.41, 5.74) is 4.05. The molecule has 13 heavy (non-hydrogen) atoms. The van der Waals surface area contributed by atoms with E-state index in [0.29, 0.717) is 0 Å². The van der Waals surface area contributed by atoms with Crippen LogP contribution >= 0.6 is 0 Å². The van der Waals surface area contributed by atoms with Gasteiger partial charge in [0.2, 0.25) is 0 Å². The van der Waals surface area contributed by atoms with Crippen molar-refractivity contribution in [3.63, 3.8) is 0 Å². The fraction of sp³-hybridized carbons (Fsp3) is 0.143. The van der Waals surface area contributed by atoms with Gasteiger partial charge >= 0.3 is 6.61 Å². The van der Waals surface area contributed by atoms with Crippen molar-refractivity contribution in [3.8, 4) is 5.75 Å². The first-order valence-corrected chi connectivity index (χ1v) is 3.20. The van der Waals surface area contributed by atoms with Gasteiger partial charge in [0.25, 0.3) is 0 Å². The first-order chi connectivity index (χ1) is 6.02. The Balaban J connectivity index is 3.04. The molecular formula is C7H5F4NO. The summed E-state index contributed by atoms with van der Waals surface area (Å²) in [4.78, 5) is 0. The number of nitrogen functional groups attached to an aromatic ring is 1. The average Bonchev–Trinajstić information content (AvgIpc) is 2.06. The highest BCUT2D eigenvalue weighted by Gasteiger charge is 2.14. The fourth-order valence-corrected chi connectivity index (χ4v) is 0.736. The lowest BCUT2D eigenvalue weighted by atomic mass is 10.3. The molecule has 0 aliphatic heterocycles. The van der Waals surface area contributed by atoms with Gasteiger partial charge in [-0.05, 0) is 12.1 Å². The van der Waals surface area contributed by atoms with Crippen LogP contribution in [-0.4, -0.2) is 6.61 Å². The Morgan fingerprint density at radius 1 is 1.23 bits per heavy atom. The molecular weight excluding hydrogens is 190 g/mol. The van der Waals surface area contributed by atoms with Gasteiger partial charge in [0.1, 0.15) is 11.5 Å². The summed E-state index contributed by atoms with van der Waals surface area (Å²) in [5, 5.41) is 0. The maximum atomic E-state index is 12.8. The molecule has 0 bridgehead atoms. The SMILES string of the molecule is Nc1c(F)ccc(OC(F)F)c1F. The number of alkyl halides is 2. The van der Waals surface area contributed by atoms with E-state index in [1.807, 2.05) is 0 Å². The van der Waals surface area contributed by atoms with Gasteiger partial charge in [-0.15, -0.1) is 0 Å². The molecule has 1 rings (SSSR count). The van der Waals surface area contributed by atoms with Crippen molar-refractivity contribution in [2.45, 2.75) is 6.61 Å². The van der Waals surface area contributed by atoms with Crippen LogP contribution in [0, 0.1) is 11.6 Å². The van der Waals surface area contributed by atoms with Crippen LogP contribution in [0.5, 0.6) is 5.75 Å². The van der Waals surface area contributed by atoms with Crippen LogP contribution < -0.4 is 10.5 Å². The molecule has 0 aliphatic rings. The lowest BCUT2D eigenvalue weighted by molar-refractivity contribution is -0.0521. The molecule has 0 heterocycles. The van der Waals surface area contributed by atoms with E-state index in [9.17, 15) is 17.6 Å². The van der Waals surface area contributed by atoms with Crippen LogP contribution in [0.15, 0.2) is 12.1 Å². The number of hydrogen-bond acceptors (Lipinski definition) is 2. The third-order valence-electron chi connectivity index (χ3n) is 1.31. The summed E-state index contributed by atoms with van der Waals surface area (Å²) in [6, 6.07) is 1.49. The summed E-state index contributed by atoms with van der Waals surface area (Å²) < 4.78 is 52.2. The van der Waals surface area contributed by atoms with Crippen molar-refractivity contribution in [1.82, 2.24) is 0 Å². The monoisotopic (exact) mass is 195 g/mol. The fourth-order valence-electron chi connectivity index (χ4n) is 0.736. The Labute approximate surface area is 70.9 Å². The van der Waals surface area contributed by atoms with Gasteiger partial charge < -0.3 is 10.5 Å². The van der Waals surface area contributed by atoms with E-state index >= 15 is 0 Å². The Kier molecular flexibility index (Phi) is 2.60. The normalized spacial score (nSPS) is 10.5. The quantitative estimate of drug-likeness (QED) is 0.579. The van der Waals surface area contributed by atoms with Gasteiger partial charge in [0.15, 0.2) is 11.6 Å². The molecule has 1 aromatic carbocycles. The molecule has 1 aromatic rings. The molecule has 0 unspecified atom stereocenters. The van der Waals surface area contributed by atoms with Crippen molar-refractivity contribution in [2.24, 2.45) is 0 Å². The molecule has 0 amide bonds. The van der Waals surface area contributed by atoms with E-state index < -0.39 is 29.7 Å². The van der Waals surface area contributed by atoms with Crippen molar-refractivity contribution in [3.05, 3.63) is 23.8 Å². The maximum absolute atomic E-state index is 12.8. The second-order valence-corrected chi connectivity index (χ2v) is 2.15. The number of halogens is 4. The number of ether oxygens (including phenoxy) is 1. The third-order valence-corrected chi connectivity index (χ3v) is 1.31. The number of nitrogens with two attached hydrogens (primary N) is 1. The van der Waals surface area contributed by atoms with Gasteiger partial charge in [-0.25, -0.2) is 8.78 Å². The standard InChI is InChI=1S/C7H5F4NO/c8-3-1-2-4(13-7(10)11)5(9)6(3)12/h1-2,7H,12H2. The van der Waals surface area contributed by atoms with Crippen LogP contribution in [0.2, 0.25) is 0 Å². The van der Waals surface area contributed by atoms with Gasteiger partial charge in [-0.3, -0.25) is 0 Å². The minimum atomic E-state index is -3.17. The number of benzene rings is 1. The number of hydrogen-bond donors (Lipinski definition) is 1. The van der Waals surface area contributed by atoms with Gasteiger partial charge in [0, 0.05) is 0 Å². The molecule has 72 valence electrons. The molecule has 0 fully saturated rings. The van der Waals surface area contributed by atoms with Gasteiger partial charge in [0.05, 0.1) is 0 Å². The molecule has 0 saturated heterocycles. The van der Waals surface area contributed by atoms with E-state index in [0.717, 1.165) is 12.1 Å². The predicted octanol–water partition coefficient (Wildman–Crippen LogP) is 2.15. The molecule has 2 nitrogen and oxygen atoms in total. The highest BCUT2D eigenvalue weighted by Crippen LogP contribution is 2.25. The van der Waals surface area contributed by atoms with Crippen LogP contribution in [0.1, 0.15) is 0 Å². The summed E-state index contributed by atoms with van der Waals surface area (Å²) in [6.07, 6.45) is 0. The first-order valence-electron chi connectivity index (χ1n) is 3.20. The highest BCUT2D eigenvalue weighted by molar-refractivity contribution is 5.47. The van der Waals surface area contributed by atoms with Crippen LogP contribution in [0.3, 0.4) is 0 Å². The van der Waals surface area contributed by atoms with E-state index in [2.05, 4.69) is 4.74 Å². The van der Waals surface area contributed by atoms with Crippen molar-refractivity contribution >= 4 is 5.69 Å². The van der Waals surface area contributed by atoms with E-state index in [1.165, 1.54) is 0 Å². The molecule has 0 aliphatic carbocycles. The van der Waals surface area contributed by atoms with Crippen LogP contribution in [0.25, 0.3) is 0 Å². The Hall–Kier alpha value is -1.46. The minimum absolute atomic E-state index is 0.743. The van der Waals surface area contributed by atoms with E-state index in [4.69, 9.17) is 5.73 Å². The summed E-state index contributed by atoms with van der Waals surface area (Å²) >= 11 is 0. The minimum Gasteiger partial charge on any atom is -0.432 e. The second kappa shape index (κ2) is 3.51. The molecule has 6 heteroatoms. The van der Waals surface area contributed by atoms with Gasteiger partial charge in [-0.1, -0.05) is 0 Å². The zero-order valence-corrected chi connectivity index (χ0v) is 6.23. The Morgan fingerprint density at radius 2 is 1.85 bits per heavy atom. The second-order valence-electron chi connectivity index (χ2n) is 2.15. The summed E-state index contributed by atoms with van der Waals surface area (Å²) in [5.74, 6) is -3.10. The largest absolute Gasteiger partial charge is 0.432 e. The topological polar surface area (TPSA) is 35.2 Å². The van der Waals surface area contributed by atoms with Crippen molar-refractivity contribution in [1.29, 1.82) is 0 Å². The summed E-state index contributed by atoms with van der Waals surface area (Å²) in [6.45, 7) is -3.17. The highest BCUT2D eigenvalue weighted by atomic mass is 19.3. The predicted molar refractivity (Wildman–Crippen MR) is 37.4 cm³/mol. The average molecular weight is 195 g/mol. The number of anilines is 1. The molecule has 0 aromatic heterocycles. The zero-order valence-electron chi connectivity index (χ0n) is 6.23. The van der Waals surface area contributed by atoms with Gasteiger partial charge in [-0.2, -0.15) is 8.78 Å². The van der Waals surface area contributed by atoms with Crippen LogP contribution in [0.4, 0.5) is 23.2 Å². The molecule has 2 N–H and O–H groups in total. The van der Waals surface area contributed by atoms with E-state index in [1.54, 1.807) is 0 Å². The lowest BCUT2D eigenvalue weighted by Crippen LogP contribution is -2.06. The molecule has 0 spiro atoms. The molecule has 0 radical (unpaired) electrons. The number of rotatable bonds is 2. The third kappa shape index (κ3) is 2.01. The smallest absolute Gasteiger partial charge is 0.387 e. The zero-order chi connectivity index (χ0) is 10.0. The molecule has 0 saturated carbocycles. The first kappa shape index (κ1) is 9.63. The maximum Gasteiger partial charge on any atom is 0.387 e. The van der Waals surface area contributed by atoms with E-state index in [-0.39, 0.29) is 0 Å². The Morgan fingerprint density at radius 3 is 2.38 bits per heavy atom. The lowest BCUT2D eigenvalue weighted by Gasteiger charge is -2.06. The molecule has 0 atom stereocenters. The van der Waals surface area contributed by atoms with Crippen molar-refractivity contribution in [2.75, 3.05) is 5.73 Å². The summed E-state index contributed by atoms with van der Waals surface area (Å²) in [7, 11) is 0.